The molecular formula is C25H29N5O2. The number of guanidine groups is 1. The molecular weight excluding hydrogens is 402 g/mol. The summed E-state index contributed by atoms with van der Waals surface area (Å²) in [4.78, 5) is 19.7. The maximum absolute atomic E-state index is 12.8. The second-order valence-electron chi connectivity index (χ2n) is 8.10. The maximum Gasteiger partial charge on any atom is 0.193 e. The Morgan fingerprint density at radius 1 is 1.16 bits per heavy atom. The fourth-order valence-corrected chi connectivity index (χ4v) is 4.01. The summed E-state index contributed by atoms with van der Waals surface area (Å²) >= 11 is 0. The molecule has 3 aromatic rings. The molecule has 1 unspecified atom stereocenters. The Morgan fingerprint density at radius 3 is 2.69 bits per heavy atom. The van der Waals surface area contributed by atoms with Crippen molar-refractivity contribution in [3.05, 3.63) is 83.2 Å². The highest BCUT2D eigenvalue weighted by Gasteiger charge is 2.19. The number of carbonyl (C=O) groups excluding carboxylic acids is 1. The number of aromatic nitrogens is 1. The van der Waals surface area contributed by atoms with Crippen LogP contribution in [0.5, 0.6) is 0 Å². The summed E-state index contributed by atoms with van der Waals surface area (Å²) in [6, 6.07) is 16.9. The van der Waals surface area contributed by atoms with Gasteiger partial charge in [0, 0.05) is 23.6 Å². The van der Waals surface area contributed by atoms with Crippen molar-refractivity contribution >= 4 is 17.4 Å². The molecule has 2 aromatic carbocycles. The zero-order chi connectivity index (χ0) is 22.3. The summed E-state index contributed by atoms with van der Waals surface area (Å²) < 4.78 is 5.22. The number of nitrogens with one attached hydrogen (secondary N) is 1. The normalized spacial score (nSPS) is 15.6. The lowest BCUT2D eigenvalue weighted by molar-refractivity contribution is 0.103. The van der Waals surface area contributed by atoms with Crippen molar-refractivity contribution in [2.75, 3.05) is 31.5 Å². The highest BCUT2D eigenvalue weighted by molar-refractivity contribution is 6.09. The first-order valence-electron chi connectivity index (χ1n) is 11.0. The first kappa shape index (κ1) is 21.8. The van der Waals surface area contributed by atoms with Crippen molar-refractivity contribution < 1.29 is 9.32 Å². The summed E-state index contributed by atoms with van der Waals surface area (Å²) in [5, 5.41) is 7.30. The smallest absolute Gasteiger partial charge is 0.193 e. The number of likely N-dealkylation sites (tertiary alicyclic amines) is 1. The Kier molecular flexibility index (Phi) is 6.97. The molecule has 0 amide bonds. The van der Waals surface area contributed by atoms with E-state index in [0.717, 1.165) is 25.2 Å². The molecule has 0 aliphatic carbocycles. The molecule has 0 saturated carbocycles. The molecule has 3 N–H and O–H groups in total. The highest BCUT2D eigenvalue weighted by atomic mass is 16.5. The fraction of sp³-hybridized carbons (Fsp3) is 0.320. The van der Waals surface area contributed by atoms with Crippen LogP contribution in [0.1, 0.15) is 52.9 Å². The second-order valence-corrected chi connectivity index (χ2v) is 8.10. The number of ketones is 1. The zero-order valence-corrected chi connectivity index (χ0v) is 18.3. The lowest BCUT2D eigenvalue weighted by Crippen LogP contribution is -2.27. The van der Waals surface area contributed by atoms with Gasteiger partial charge in [-0.1, -0.05) is 60.6 Å². The quantitative estimate of drug-likeness (QED) is 0.319. The first-order valence-corrected chi connectivity index (χ1v) is 11.0. The number of carbonyl (C=O) groups is 1. The number of aliphatic imine (C=N–C) groups is 1. The number of benzene rings is 2. The SMILES string of the molecule is CC(c1cccc(C(=O)c2ccccc2)c1)c1nocc1NC(N)=NCCN1CCCC1. The largest absolute Gasteiger partial charge is 0.370 e. The van der Waals surface area contributed by atoms with E-state index < -0.39 is 0 Å². The van der Waals surface area contributed by atoms with Crippen LogP contribution in [0.15, 0.2) is 70.4 Å². The van der Waals surface area contributed by atoms with Gasteiger partial charge in [-0.2, -0.15) is 0 Å². The molecule has 2 heterocycles. The topological polar surface area (TPSA) is 96.8 Å². The van der Waals surface area contributed by atoms with Crippen molar-refractivity contribution in [3.63, 3.8) is 0 Å². The van der Waals surface area contributed by atoms with Crippen molar-refractivity contribution in [1.29, 1.82) is 0 Å². The molecule has 1 atom stereocenters. The van der Waals surface area contributed by atoms with E-state index in [1.165, 1.54) is 19.1 Å². The van der Waals surface area contributed by atoms with Crippen LogP contribution in [0.2, 0.25) is 0 Å². The van der Waals surface area contributed by atoms with Crippen LogP contribution in [0, 0.1) is 0 Å². The molecule has 7 nitrogen and oxygen atoms in total. The van der Waals surface area contributed by atoms with Gasteiger partial charge in [0.05, 0.1) is 6.54 Å². The lowest BCUT2D eigenvalue weighted by atomic mass is 9.93. The predicted octanol–water partition coefficient (Wildman–Crippen LogP) is 3.88. The number of rotatable bonds is 8. The number of anilines is 1. The molecule has 1 aliphatic heterocycles. The standard InChI is InChI=1S/C25H29N5O2/c1-18(20-10-7-11-21(16-20)24(31)19-8-3-2-4-9-19)23-22(17-32-29-23)28-25(26)27-12-15-30-13-5-6-14-30/h2-4,7-11,16-18H,5-6,12-15H2,1H3,(H3,26,27,28). The third-order valence-corrected chi connectivity index (χ3v) is 5.85. The predicted molar refractivity (Wildman–Crippen MR) is 126 cm³/mol. The van der Waals surface area contributed by atoms with Gasteiger partial charge in [0.25, 0.3) is 0 Å². The minimum atomic E-state index is -0.0998. The van der Waals surface area contributed by atoms with Gasteiger partial charge in [-0.15, -0.1) is 0 Å². The van der Waals surface area contributed by atoms with E-state index in [4.69, 9.17) is 10.3 Å². The number of nitrogens with two attached hydrogens (primary N) is 1. The van der Waals surface area contributed by atoms with Crippen LogP contribution >= 0.6 is 0 Å². The van der Waals surface area contributed by atoms with Gasteiger partial charge in [0.2, 0.25) is 0 Å². The van der Waals surface area contributed by atoms with E-state index in [-0.39, 0.29) is 11.7 Å². The third-order valence-electron chi connectivity index (χ3n) is 5.85. The van der Waals surface area contributed by atoms with Crippen LogP contribution in [0.25, 0.3) is 0 Å². The van der Waals surface area contributed by atoms with Gasteiger partial charge in [0.1, 0.15) is 17.6 Å². The Morgan fingerprint density at radius 2 is 1.91 bits per heavy atom. The van der Waals surface area contributed by atoms with Crippen molar-refractivity contribution in [3.8, 4) is 0 Å². The van der Waals surface area contributed by atoms with E-state index in [1.807, 2.05) is 61.5 Å². The van der Waals surface area contributed by atoms with Crippen molar-refractivity contribution in [2.45, 2.75) is 25.7 Å². The van der Waals surface area contributed by atoms with E-state index >= 15 is 0 Å². The average Bonchev–Trinajstić information content (AvgIpc) is 3.51. The van der Waals surface area contributed by atoms with E-state index in [0.29, 0.717) is 35.0 Å². The molecule has 1 aromatic heterocycles. The van der Waals surface area contributed by atoms with E-state index in [9.17, 15) is 4.79 Å². The number of nitrogens with zero attached hydrogens (tertiary/aromatic N) is 3. The Hall–Kier alpha value is -3.45. The van der Waals surface area contributed by atoms with Gasteiger partial charge in [-0.25, -0.2) is 0 Å². The molecule has 1 aliphatic rings. The molecule has 0 radical (unpaired) electrons. The van der Waals surface area contributed by atoms with Gasteiger partial charge in [0.15, 0.2) is 11.7 Å². The monoisotopic (exact) mass is 431 g/mol. The molecule has 0 spiro atoms. The minimum Gasteiger partial charge on any atom is -0.370 e. The van der Waals surface area contributed by atoms with Crippen LogP contribution in [-0.2, 0) is 0 Å². The number of hydrogen-bond acceptors (Lipinski definition) is 5. The second kappa shape index (κ2) is 10.2. The summed E-state index contributed by atoms with van der Waals surface area (Å²) in [7, 11) is 0. The van der Waals surface area contributed by atoms with Crippen molar-refractivity contribution in [1.82, 2.24) is 10.1 Å². The molecule has 166 valence electrons. The zero-order valence-electron chi connectivity index (χ0n) is 18.3. The van der Waals surface area contributed by atoms with E-state index in [1.54, 1.807) is 0 Å². The van der Waals surface area contributed by atoms with E-state index in [2.05, 4.69) is 20.4 Å². The summed E-state index contributed by atoms with van der Waals surface area (Å²) in [5.41, 5.74) is 9.76. The van der Waals surface area contributed by atoms with Gasteiger partial charge in [-0.05, 0) is 37.6 Å². The average molecular weight is 432 g/mol. The van der Waals surface area contributed by atoms with Gasteiger partial charge in [-0.3, -0.25) is 9.79 Å². The highest BCUT2D eigenvalue weighted by Crippen LogP contribution is 2.29. The first-order chi connectivity index (χ1) is 15.6. The molecule has 1 fully saturated rings. The number of hydrogen-bond donors (Lipinski definition) is 2. The third kappa shape index (κ3) is 5.23. The Labute approximate surface area is 188 Å². The van der Waals surface area contributed by atoms with Crippen LogP contribution < -0.4 is 11.1 Å². The molecule has 4 rings (SSSR count). The van der Waals surface area contributed by atoms with Gasteiger partial charge >= 0.3 is 0 Å². The van der Waals surface area contributed by atoms with Crippen LogP contribution in [0.3, 0.4) is 0 Å². The van der Waals surface area contributed by atoms with Crippen molar-refractivity contribution in [2.24, 2.45) is 10.7 Å². The minimum absolute atomic E-state index is 0.00692. The fourth-order valence-electron chi connectivity index (χ4n) is 4.01. The van der Waals surface area contributed by atoms with Crippen LogP contribution in [0.4, 0.5) is 5.69 Å². The maximum atomic E-state index is 12.8. The molecule has 0 bridgehead atoms. The molecule has 7 heteroatoms. The van der Waals surface area contributed by atoms with Crippen LogP contribution in [-0.4, -0.2) is 48.0 Å². The lowest BCUT2D eigenvalue weighted by Gasteiger charge is -2.14. The molecule has 32 heavy (non-hydrogen) atoms. The Balaban J connectivity index is 1.44. The molecule has 1 saturated heterocycles. The van der Waals surface area contributed by atoms with Gasteiger partial charge < -0.3 is 20.5 Å². The Bertz CT molecular complexity index is 1070. The summed E-state index contributed by atoms with van der Waals surface area (Å²) in [6.45, 7) is 5.87. The summed E-state index contributed by atoms with van der Waals surface area (Å²) in [6.07, 6.45) is 4.06. The summed E-state index contributed by atoms with van der Waals surface area (Å²) in [5.74, 6) is 0.235.